The Hall–Kier alpha value is -2.91. The van der Waals surface area contributed by atoms with E-state index in [1.807, 2.05) is 19.1 Å². The maximum absolute atomic E-state index is 11.7. The normalized spacial score (nSPS) is 11.5. The Bertz CT molecular complexity index is 1120. The molecule has 0 bridgehead atoms. The van der Waals surface area contributed by atoms with Crippen molar-refractivity contribution in [2.24, 2.45) is 5.14 Å². The molecule has 1 aromatic heterocycles. The third-order valence-electron chi connectivity index (χ3n) is 4.48. The number of primary sulfonamides is 1. The molecule has 0 atom stereocenters. The van der Waals surface area contributed by atoms with Crippen LogP contribution in [0.2, 0.25) is 0 Å². The quantitative estimate of drug-likeness (QED) is 0.672. The number of benzene rings is 2. The van der Waals surface area contributed by atoms with E-state index in [1.165, 1.54) is 12.1 Å². The molecular weight excluding hydrogens is 382 g/mol. The van der Waals surface area contributed by atoms with Gasteiger partial charge in [0.25, 0.3) is 5.89 Å². The van der Waals surface area contributed by atoms with Crippen molar-refractivity contribution in [3.8, 4) is 23.0 Å². The smallest absolute Gasteiger partial charge is 0.258 e. The lowest BCUT2D eigenvalue weighted by Gasteiger charge is -2.08. The van der Waals surface area contributed by atoms with Crippen LogP contribution in [0.15, 0.2) is 39.8 Å². The highest BCUT2D eigenvalue weighted by molar-refractivity contribution is 7.89. The Balaban J connectivity index is 1.94. The molecule has 28 heavy (non-hydrogen) atoms. The molecule has 0 aliphatic heterocycles. The van der Waals surface area contributed by atoms with Crippen molar-refractivity contribution in [2.75, 3.05) is 14.2 Å². The third-order valence-corrected chi connectivity index (χ3v) is 5.37. The molecular formula is C19H21N3O5S. The van der Waals surface area contributed by atoms with Crippen LogP contribution in [0.4, 0.5) is 0 Å². The number of sulfonamides is 1. The van der Waals surface area contributed by atoms with E-state index in [4.69, 9.17) is 19.1 Å². The molecule has 0 saturated carbocycles. The summed E-state index contributed by atoms with van der Waals surface area (Å²) in [5.74, 6) is 1.93. The van der Waals surface area contributed by atoms with Crippen LogP contribution in [0.1, 0.15) is 22.5 Å². The zero-order valence-electron chi connectivity index (χ0n) is 16.0. The molecule has 0 unspecified atom stereocenters. The Morgan fingerprint density at radius 1 is 1.07 bits per heavy atom. The van der Waals surface area contributed by atoms with Crippen LogP contribution in [0.3, 0.4) is 0 Å². The molecule has 2 aromatic carbocycles. The second-order valence-corrected chi connectivity index (χ2v) is 7.90. The summed E-state index contributed by atoms with van der Waals surface area (Å²) in [5, 5.41) is 9.27. The van der Waals surface area contributed by atoms with Crippen LogP contribution in [0.5, 0.6) is 11.5 Å². The van der Waals surface area contributed by atoms with E-state index in [2.05, 4.69) is 10.1 Å². The van der Waals surface area contributed by atoms with Gasteiger partial charge in [0.05, 0.1) is 19.1 Å². The summed E-state index contributed by atoms with van der Waals surface area (Å²) in [7, 11) is -0.705. The molecule has 3 aromatic rings. The molecule has 0 aliphatic rings. The number of hydrogen-bond acceptors (Lipinski definition) is 7. The van der Waals surface area contributed by atoms with E-state index < -0.39 is 10.0 Å². The number of aromatic nitrogens is 2. The Kier molecular flexibility index (Phi) is 5.39. The van der Waals surface area contributed by atoms with E-state index in [0.717, 1.165) is 16.7 Å². The fourth-order valence-corrected chi connectivity index (χ4v) is 3.44. The first-order valence-corrected chi connectivity index (χ1v) is 9.95. The van der Waals surface area contributed by atoms with Gasteiger partial charge in [0, 0.05) is 12.0 Å². The number of aryl methyl sites for hydroxylation is 1. The highest BCUT2D eigenvalue weighted by atomic mass is 32.2. The van der Waals surface area contributed by atoms with Gasteiger partial charge in [-0.05, 0) is 54.8 Å². The summed E-state index contributed by atoms with van der Waals surface area (Å²) < 4.78 is 39.4. The van der Waals surface area contributed by atoms with Crippen molar-refractivity contribution in [1.29, 1.82) is 0 Å². The van der Waals surface area contributed by atoms with Crippen LogP contribution >= 0.6 is 0 Å². The Morgan fingerprint density at radius 2 is 1.79 bits per heavy atom. The lowest BCUT2D eigenvalue weighted by Crippen LogP contribution is -2.12. The van der Waals surface area contributed by atoms with Gasteiger partial charge in [-0.15, -0.1) is 0 Å². The SMILES string of the molecule is COc1ccc(Cc2noc(-c3cc(S(N)(=O)=O)cc(C)c3C)n2)cc1OC. The monoisotopic (exact) mass is 403 g/mol. The maximum Gasteiger partial charge on any atom is 0.258 e. The van der Waals surface area contributed by atoms with Gasteiger partial charge in [0.1, 0.15) is 0 Å². The van der Waals surface area contributed by atoms with E-state index in [-0.39, 0.29) is 10.8 Å². The highest BCUT2D eigenvalue weighted by Gasteiger charge is 2.18. The predicted octanol–water partition coefficient (Wildman–Crippen LogP) is 2.61. The summed E-state index contributed by atoms with van der Waals surface area (Å²) in [6.45, 7) is 3.66. The van der Waals surface area contributed by atoms with Crippen LogP contribution in [-0.2, 0) is 16.4 Å². The molecule has 2 N–H and O–H groups in total. The van der Waals surface area contributed by atoms with Gasteiger partial charge in [-0.2, -0.15) is 4.98 Å². The minimum atomic E-state index is -3.84. The molecule has 0 fully saturated rings. The summed E-state index contributed by atoms with van der Waals surface area (Å²) in [6.07, 6.45) is 0.413. The molecule has 0 aliphatic carbocycles. The van der Waals surface area contributed by atoms with E-state index in [1.54, 1.807) is 27.2 Å². The van der Waals surface area contributed by atoms with Crippen molar-refractivity contribution in [3.63, 3.8) is 0 Å². The second-order valence-electron chi connectivity index (χ2n) is 6.34. The number of nitrogens with two attached hydrogens (primary N) is 1. The van der Waals surface area contributed by atoms with E-state index >= 15 is 0 Å². The summed E-state index contributed by atoms with van der Waals surface area (Å²) in [4.78, 5) is 4.42. The fraction of sp³-hybridized carbons (Fsp3) is 0.263. The van der Waals surface area contributed by atoms with E-state index in [0.29, 0.717) is 29.3 Å². The van der Waals surface area contributed by atoms with Gasteiger partial charge >= 0.3 is 0 Å². The second kappa shape index (κ2) is 7.61. The molecule has 0 spiro atoms. The topological polar surface area (TPSA) is 118 Å². The first kappa shape index (κ1) is 19.8. The summed E-state index contributed by atoms with van der Waals surface area (Å²) in [5.41, 5.74) is 3.06. The number of hydrogen-bond donors (Lipinski definition) is 1. The third kappa shape index (κ3) is 4.00. The van der Waals surface area contributed by atoms with Crippen molar-refractivity contribution in [1.82, 2.24) is 10.1 Å². The Labute approximate surface area is 163 Å². The molecule has 3 rings (SSSR count). The zero-order valence-corrected chi connectivity index (χ0v) is 16.8. The summed E-state index contributed by atoms with van der Waals surface area (Å²) >= 11 is 0. The lowest BCUT2D eigenvalue weighted by atomic mass is 10.0. The number of ether oxygens (including phenoxy) is 2. The van der Waals surface area contributed by atoms with Gasteiger partial charge in [-0.3, -0.25) is 0 Å². The maximum atomic E-state index is 11.7. The van der Waals surface area contributed by atoms with Gasteiger partial charge in [-0.1, -0.05) is 11.2 Å². The largest absolute Gasteiger partial charge is 0.493 e. The summed E-state index contributed by atoms with van der Waals surface area (Å²) in [6, 6.07) is 8.50. The predicted molar refractivity (Wildman–Crippen MR) is 103 cm³/mol. The van der Waals surface area contributed by atoms with Crippen molar-refractivity contribution in [2.45, 2.75) is 25.2 Å². The molecule has 0 radical (unpaired) electrons. The minimum absolute atomic E-state index is 0.00485. The first-order valence-electron chi connectivity index (χ1n) is 8.41. The van der Waals surface area contributed by atoms with Crippen LogP contribution in [0.25, 0.3) is 11.5 Å². The van der Waals surface area contributed by atoms with Gasteiger partial charge in [0.2, 0.25) is 10.0 Å². The molecule has 9 heteroatoms. The number of nitrogens with zero attached hydrogens (tertiary/aromatic N) is 2. The average Bonchev–Trinajstić information content (AvgIpc) is 3.11. The first-order chi connectivity index (χ1) is 13.2. The van der Waals surface area contributed by atoms with Crippen molar-refractivity contribution < 1.29 is 22.4 Å². The molecule has 8 nitrogen and oxygen atoms in total. The molecule has 0 saturated heterocycles. The van der Waals surface area contributed by atoms with Crippen LogP contribution < -0.4 is 14.6 Å². The molecule has 0 amide bonds. The fourth-order valence-electron chi connectivity index (χ4n) is 2.82. The highest BCUT2D eigenvalue weighted by Crippen LogP contribution is 2.30. The minimum Gasteiger partial charge on any atom is -0.493 e. The van der Waals surface area contributed by atoms with Crippen LogP contribution in [0, 0.1) is 13.8 Å². The van der Waals surface area contributed by atoms with E-state index in [9.17, 15) is 8.42 Å². The van der Waals surface area contributed by atoms with Crippen molar-refractivity contribution >= 4 is 10.0 Å². The van der Waals surface area contributed by atoms with Gasteiger partial charge < -0.3 is 14.0 Å². The molecule has 1 heterocycles. The lowest BCUT2D eigenvalue weighted by molar-refractivity contribution is 0.354. The molecule has 148 valence electrons. The van der Waals surface area contributed by atoms with Crippen LogP contribution in [-0.4, -0.2) is 32.8 Å². The van der Waals surface area contributed by atoms with Gasteiger partial charge in [-0.25, -0.2) is 13.6 Å². The standard InChI is InChI=1S/C19H21N3O5S/c1-11-7-14(28(20,23)24)10-15(12(11)2)19-21-18(22-27-19)9-13-5-6-16(25-3)17(8-13)26-4/h5-8,10H,9H2,1-4H3,(H2,20,23,24). The Morgan fingerprint density at radius 3 is 2.43 bits per heavy atom. The number of rotatable bonds is 6. The average molecular weight is 403 g/mol. The zero-order chi connectivity index (χ0) is 20.5. The van der Waals surface area contributed by atoms with Crippen molar-refractivity contribution in [3.05, 3.63) is 52.8 Å². The number of methoxy groups -OCH3 is 2. The van der Waals surface area contributed by atoms with Gasteiger partial charge in [0.15, 0.2) is 17.3 Å².